The lowest BCUT2D eigenvalue weighted by Crippen LogP contribution is -2.27. The van der Waals surface area contributed by atoms with Crippen LogP contribution in [-0.2, 0) is 0 Å². The second-order valence-corrected chi connectivity index (χ2v) is 7.04. The van der Waals surface area contributed by atoms with E-state index in [1.165, 1.54) is 57.8 Å². The minimum atomic E-state index is 0.545. The molecule has 0 saturated heterocycles. The van der Waals surface area contributed by atoms with Crippen molar-refractivity contribution >= 4 is 11.8 Å². The van der Waals surface area contributed by atoms with Crippen molar-refractivity contribution in [3.8, 4) is 0 Å². The van der Waals surface area contributed by atoms with Crippen LogP contribution in [0.3, 0.4) is 0 Å². The van der Waals surface area contributed by atoms with Gasteiger partial charge in [0, 0.05) is 11.8 Å². The fourth-order valence-electron chi connectivity index (χ4n) is 3.33. The Kier molecular flexibility index (Phi) is 5.30. The van der Waals surface area contributed by atoms with Crippen molar-refractivity contribution in [3.63, 3.8) is 0 Å². The molecular formula is C14H25N5S. The number of tetrazole rings is 1. The van der Waals surface area contributed by atoms with Gasteiger partial charge in [0.05, 0.1) is 6.04 Å². The van der Waals surface area contributed by atoms with Gasteiger partial charge in [-0.25, -0.2) is 4.68 Å². The molecule has 20 heavy (non-hydrogen) atoms. The molecule has 1 heterocycles. The van der Waals surface area contributed by atoms with Crippen LogP contribution in [0.4, 0.5) is 0 Å². The Morgan fingerprint density at radius 2 is 1.85 bits per heavy atom. The highest BCUT2D eigenvalue weighted by molar-refractivity contribution is 7.99. The topological polar surface area (TPSA) is 55.6 Å². The van der Waals surface area contributed by atoms with Gasteiger partial charge in [-0.1, -0.05) is 37.4 Å². The first kappa shape index (κ1) is 14.3. The zero-order valence-corrected chi connectivity index (χ0v) is 12.9. The van der Waals surface area contributed by atoms with Crippen LogP contribution in [0.5, 0.6) is 0 Å². The molecule has 0 amide bonds. The number of hydrogen-bond donors (Lipinski definition) is 1. The first-order valence-corrected chi connectivity index (χ1v) is 9.06. The van der Waals surface area contributed by atoms with Gasteiger partial charge >= 0.3 is 0 Å². The van der Waals surface area contributed by atoms with Crippen LogP contribution in [0.15, 0.2) is 5.16 Å². The third-order valence-electron chi connectivity index (χ3n) is 4.47. The van der Waals surface area contributed by atoms with E-state index in [4.69, 9.17) is 0 Å². The van der Waals surface area contributed by atoms with Crippen LogP contribution in [0, 0.1) is 0 Å². The number of aromatic nitrogens is 4. The molecule has 0 aliphatic heterocycles. The highest BCUT2D eigenvalue weighted by Gasteiger charge is 2.21. The van der Waals surface area contributed by atoms with Crippen LogP contribution in [0.2, 0.25) is 0 Å². The maximum atomic E-state index is 4.18. The molecule has 2 aliphatic rings. The summed E-state index contributed by atoms with van der Waals surface area (Å²) < 4.78 is 2.06. The molecule has 0 spiro atoms. The minimum absolute atomic E-state index is 0.545. The third kappa shape index (κ3) is 3.73. The number of hydrogen-bond acceptors (Lipinski definition) is 5. The molecule has 3 rings (SSSR count). The normalized spacial score (nSPS) is 21.0. The summed E-state index contributed by atoms with van der Waals surface area (Å²) in [6.07, 6.45) is 11.9. The van der Waals surface area contributed by atoms with Gasteiger partial charge in [0.15, 0.2) is 0 Å². The van der Waals surface area contributed by atoms with Gasteiger partial charge in [-0.2, -0.15) is 0 Å². The first-order chi connectivity index (χ1) is 9.93. The number of rotatable bonds is 7. The number of nitrogens with zero attached hydrogens (tertiary/aromatic N) is 4. The van der Waals surface area contributed by atoms with Crippen molar-refractivity contribution < 1.29 is 0 Å². The highest BCUT2D eigenvalue weighted by Crippen LogP contribution is 2.31. The van der Waals surface area contributed by atoms with Crippen LogP contribution in [0.25, 0.3) is 0 Å². The van der Waals surface area contributed by atoms with E-state index in [9.17, 15) is 0 Å². The zero-order valence-electron chi connectivity index (χ0n) is 12.1. The molecule has 6 heteroatoms. The average molecular weight is 295 g/mol. The molecule has 5 nitrogen and oxygen atoms in total. The minimum Gasteiger partial charge on any atom is -0.314 e. The first-order valence-electron chi connectivity index (χ1n) is 8.07. The maximum Gasteiger partial charge on any atom is 0.209 e. The molecule has 0 unspecified atom stereocenters. The summed E-state index contributed by atoms with van der Waals surface area (Å²) in [7, 11) is 0. The second kappa shape index (κ2) is 7.41. The number of thioether (sulfide) groups is 1. The fourth-order valence-corrected chi connectivity index (χ4v) is 4.21. The Labute approximate surface area is 125 Å². The molecule has 1 N–H and O–H groups in total. The van der Waals surface area contributed by atoms with Gasteiger partial charge in [0.2, 0.25) is 5.16 Å². The van der Waals surface area contributed by atoms with Crippen LogP contribution in [-0.4, -0.2) is 38.5 Å². The summed E-state index contributed by atoms with van der Waals surface area (Å²) in [5, 5.41) is 16.9. The Hall–Kier alpha value is -0.620. The second-order valence-electron chi connectivity index (χ2n) is 5.98. The van der Waals surface area contributed by atoms with Crippen molar-refractivity contribution in [3.05, 3.63) is 0 Å². The van der Waals surface area contributed by atoms with Crippen molar-refractivity contribution in [2.45, 2.75) is 75.0 Å². The van der Waals surface area contributed by atoms with Gasteiger partial charge < -0.3 is 5.32 Å². The lowest BCUT2D eigenvalue weighted by atomic mass is 10.2. The van der Waals surface area contributed by atoms with Crippen molar-refractivity contribution in [1.29, 1.82) is 0 Å². The standard InChI is InChI=1S/C14H25N5S/c1-2-7-12(6-1)15-10-5-11-20-14-16-17-18-19(14)13-8-3-4-9-13/h12-13,15H,1-11H2. The van der Waals surface area contributed by atoms with Crippen molar-refractivity contribution in [2.75, 3.05) is 12.3 Å². The van der Waals surface area contributed by atoms with Crippen molar-refractivity contribution in [1.82, 2.24) is 25.5 Å². The lowest BCUT2D eigenvalue weighted by molar-refractivity contribution is 0.423. The van der Waals surface area contributed by atoms with Gasteiger partial charge in [-0.3, -0.25) is 0 Å². The average Bonchev–Trinajstić information content (AvgIpc) is 3.20. The summed E-state index contributed by atoms with van der Waals surface area (Å²) in [4.78, 5) is 0. The summed E-state index contributed by atoms with van der Waals surface area (Å²) in [6.45, 7) is 1.13. The molecule has 0 radical (unpaired) electrons. The van der Waals surface area contributed by atoms with E-state index in [0.717, 1.165) is 23.5 Å². The van der Waals surface area contributed by atoms with E-state index in [-0.39, 0.29) is 0 Å². The van der Waals surface area contributed by atoms with E-state index in [0.29, 0.717) is 6.04 Å². The predicted molar refractivity (Wildman–Crippen MR) is 80.9 cm³/mol. The summed E-state index contributed by atoms with van der Waals surface area (Å²) >= 11 is 1.81. The largest absolute Gasteiger partial charge is 0.314 e. The smallest absolute Gasteiger partial charge is 0.209 e. The fraction of sp³-hybridized carbons (Fsp3) is 0.929. The molecule has 0 bridgehead atoms. The molecule has 0 atom stereocenters. The van der Waals surface area contributed by atoms with Crippen LogP contribution < -0.4 is 5.32 Å². The molecule has 1 aromatic heterocycles. The van der Waals surface area contributed by atoms with Crippen LogP contribution in [0.1, 0.15) is 63.8 Å². The van der Waals surface area contributed by atoms with Crippen LogP contribution >= 0.6 is 11.8 Å². The van der Waals surface area contributed by atoms with E-state index in [1.54, 1.807) is 0 Å². The summed E-state index contributed by atoms with van der Waals surface area (Å²) in [5.41, 5.74) is 0. The van der Waals surface area contributed by atoms with Gasteiger partial charge in [-0.05, 0) is 49.1 Å². The third-order valence-corrected chi connectivity index (χ3v) is 5.49. The van der Waals surface area contributed by atoms with E-state index in [1.807, 2.05) is 11.8 Å². The van der Waals surface area contributed by atoms with Gasteiger partial charge in [0.25, 0.3) is 0 Å². The number of nitrogens with one attached hydrogen (secondary N) is 1. The monoisotopic (exact) mass is 295 g/mol. The van der Waals surface area contributed by atoms with E-state index < -0.39 is 0 Å². The molecule has 2 aliphatic carbocycles. The molecular weight excluding hydrogens is 270 g/mol. The van der Waals surface area contributed by atoms with Gasteiger partial charge in [-0.15, -0.1) is 5.10 Å². The molecule has 0 aromatic carbocycles. The van der Waals surface area contributed by atoms with Gasteiger partial charge in [0.1, 0.15) is 0 Å². The predicted octanol–water partition coefficient (Wildman–Crippen LogP) is 2.80. The van der Waals surface area contributed by atoms with E-state index >= 15 is 0 Å². The highest BCUT2D eigenvalue weighted by atomic mass is 32.2. The molecule has 2 saturated carbocycles. The molecule has 1 aromatic rings. The quantitative estimate of drug-likeness (QED) is 0.619. The summed E-state index contributed by atoms with van der Waals surface area (Å²) in [5.74, 6) is 1.10. The Morgan fingerprint density at radius 3 is 2.65 bits per heavy atom. The lowest BCUT2D eigenvalue weighted by Gasteiger charge is -2.12. The Bertz CT molecular complexity index is 396. The Morgan fingerprint density at radius 1 is 1.10 bits per heavy atom. The molecule has 112 valence electrons. The SMILES string of the molecule is C(CNC1CCCC1)CSc1nnnn1C1CCCC1. The zero-order chi connectivity index (χ0) is 13.6. The molecule has 2 fully saturated rings. The summed E-state index contributed by atoms with van der Waals surface area (Å²) in [6, 6.07) is 1.33. The maximum absolute atomic E-state index is 4.18. The van der Waals surface area contributed by atoms with Crippen molar-refractivity contribution in [2.24, 2.45) is 0 Å². The Balaban J connectivity index is 1.36. The van der Waals surface area contributed by atoms with E-state index in [2.05, 4.69) is 25.5 Å².